The van der Waals surface area contributed by atoms with Gasteiger partial charge in [-0.1, -0.05) is 6.92 Å². The molecule has 0 aliphatic rings. The minimum absolute atomic E-state index is 1.20. The third-order valence-corrected chi connectivity index (χ3v) is 2.36. The molecule has 1 rings (SSSR count). The molecule has 0 bridgehead atoms. The van der Waals surface area contributed by atoms with Gasteiger partial charge in [0, 0.05) is 24.3 Å². The molecule has 0 aromatic heterocycles. The summed E-state index contributed by atoms with van der Waals surface area (Å²) in [4.78, 5) is 1.49. The first kappa shape index (κ1) is 10.2. The molecule has 72 valence electrons. The zero-order valence-corrected chi connectivity index (χ0v) is 8.80. The molecule has 0 aliphatic carbocycles. The summed E-state index contributed by atoms with van der Waals surface area (Å²) in [5.41, 5.74) is 2.68. The van der Waals surface area contributed by atoms with Crippen molar-refractivity contribution >= 4 is 11.4 Å². The maximum atomic E-state index is 2.22. The Morgan fingerprint density at radius 1 is 1.23 bits per heavy atom. The van der Waals surface area contributed by atoms with E-state index in [-0.39, 0.29) is 0 Å². The Kier molecular flexibility index (Phi) is 3.93. The molecule has 0 saturated heterocycles. The SMILES string of the molecule is CCC[NH+](C)c1ccc([NH2+]C)cc1. The van der Waals surface area contributed by atoms with Crippen molar-refractivity contribution in [1.29, 1.82) is 0 Å². The van der Waals surface area contributed by atoms with Crippen molar-refractivity contribution in [3.8, 4) is 0 Å². The van der Waals surface area contributed by atoms with Crippen LogP contribution in [0.25, 0.3) is 0 Å². The Labute approximate surface area is 80.6 Å². The molecular formula is C11H20N2+2. The number of hydrogen-bond donors (Lipinski definition) is 2. The number of nitrogens with two attached hydrogens (primary N) is 1. The van der Waals surface area contributed by atoms with E-state index in [4.69, 9.17) is 0 Å². The van der Waals surface area contributed by atoms with Gasteiger partial charge >= 0.3 is 0 Å². The fraction of sp³-hybridized carbons (Fsp3) is 0.455. The number of nitrogens with one attached hydrogen (secondary N) is 1. The van der Waals surface area contributed by atoms with Gasteiger partial charge in [-0.05, 0) is 6.42 Å². The average molecular weight is 180 g/mol. The van der Waals surface area contributed by atoms with Gasteiger partial charge < -0.3 is 10.2 Å². The molecule has 0 heterocycles. The molecule has 1 atom stereocenters. The molecule has 0 aliphatic heterocycles. The Hall–Kier alpha value is -0.860. The van der Waals surface area contributed by atoms with Gasteiger partial charge in [-0.2, -0.15) is 0 Å². The summed E-state index contributed by atoms with van der Waals surface area (Å²) in [6, 6.07) is 8.77. The van der Waals surface area contributed by atoms with E-state index in [1.54, 1.807) is 0 Å². The van der Waals surface area contributed by atoms with Crippen LogP contribution in [0.3, 0.4) is 0 Å². The van der Waals surface area contributed by atoms with Crippen molar-refractivity contribution in [3.05, 3.63) is 24.3 Å². The van der Waals surface area contributed by atoms with Crippen LogP contribution in [0.1, 0.15) is 13.3 Å². The second kappa shape index (κ2) is 5.00. The summed E-state index contributed by atoms with van der Waals surface area (Å²) in [5.74, 6) is 0. The van der Waals surface area contributed by atoms with Crippen LogP contribution in [-0.4, -0.2) is 20.6 Å². The van der Waals surface area contributed by atoms with Gasteiger partial charge in [0.2, 0.25) is 0 Å². The highest BCUT2D eigenvalue weighted by atomic mass is 15.1. The number of quaternary nitrogens is 2. The van der Waals surface area contributed by atoms with Gasteiger partial charge in [-0.25, -0.2) is 0 Å². The molecule has 13 heavy (non-hydrogen) atoms. The van der Waals surface area contributed by atoms with Gasteiger partial charge in [0.05, 0.1) is 20.6 Å². The fourth-order valence-corrected chi connectivity index (χ4v) is 1.48. The van der Waals surface area contributed by atoms with Crippen molar-refractivity contribution in [2.45, 2.75) is 13.3 Å². The van der Waals surface area contributed by atoms with E-state index in [0.717, 1.165) is 0 Å². The van der Waals surface area contributed by atoms with Crippen LogP contribution in [0.2, 0.25) is 0 Å². The van der Waals surface area contributed by atoms with Gasteiger partial charge in [0.15, 0.2) is 0 Å². The average Bonchev–Trinajstić information content (AvgIpc) is 2.18. The van der Waals surface area contributed by atoms with Crippen molar-refractivity contribution in [3.63, 3.8) is 0 Å². The molecular weight excluding hydrogens is 160 g/mol. The van der Waals surface area contributed by atoms with E-state index in [2.05, 4.69) is 50.6 Å². The molecule has 1 aromatic carbocycles. The lowest BCUT2D eigenvalue weighted by Crippen LogP contribution is -3.03. The Morgan fingerprint density at radius 2 is 1.85 bits per heavy atom. The zero-order valence-electron chi connectivity index (χ0n) is 8.80. The molecule has 0 spiro atoms. The van der Waals surface area contributed by atoms with Gasteiger partial charge in [-0.15, -0.1) is 0 Å². The molecule has 1 aromatic rings. The van der Waals surface area contributed by atoms with Crippen LogP contribution in [0.15, 0.2) is 24.3 Å². The van der Waals surface area contributed by atoms with Gasteiger partial charge in [-0.3, -0.25) is 0 Å². The Bertz CT molecular complexity index is 241. The lowest BCUT2D eigenvalue weighted by atomic mass is 10.2. The van der Waals surface area contributed by atoms with Gasteiger partial charge in [0.1, 0.15) is 11.4 Å². The minimum Gasteiger partial charge on any atom is -0.316 e. The number of benzene rings is 1. The quantitative estimate of drug-likeness (QED) is 0.612. The van der Waals surface area contributed by atoms with Crippen LogP contribution in [-0.2, 0) is 0 Å². The topological polar surface area (TPSA) is 21.1 Å². The lowest BCUT2D eigenvalue weighted by molar-refractivity contribution is -0.810. The van der Waals surface area contributed by atoms with Crippen LogP contribution < -0.4 is 10.2 Å². The molecule has 0 fully saturated rings. The highest BCUT2D eigenvalue weighted by molar-refractivity contribution is 5.38. The lowest BCUT2D eigenvalue weighted by Gasteiger charge is -2.11. The van der Waals surface area contributed by atoms with Crippen molar-refractivity contribution in [2.24, 2.45) is 0 Å². The smallest absolute Gasteiger partial charge is 0.131 e. The standard InChI is InChI=1S/C11H18N2/c1-4-9-13(3)11-7-5-10(12-2)6-8-11/h5-8,12H,4,9H2,1-3H3/p+2. The maximum Gasteiger partial charge on any atom is 0.131 e. The van der Waals surface area contributed by atoms with Crippen molar-refractivity contribution in [1.82, 2.24) is 0 Å². The predicted octanol–water partition coefficient (Wildman–Crippen LogP) is 0.0675. The number of rotatable bonds is 4. The molecule has 0 saturated carbocycles. The van der Waals surface area contributed by atoms with E-state index in [1.165, 1.54) is 29.2 Å². The monoisotopic (exact) mass is 180 g/mol. The number of hydrogen-bond acceptors (Lipinski definition) is 0. The Morgan fingerprint density at radius 3 is 2.31 bits per heavy atom. The normalized spacial score (nSPS) is 12.8. The third-order valence-electron chi connectivity index (χ3n) is 2.36. The van der Waals surface area contributed by atoms with E-state index >= 15 is 0 Å². The van der Waals surface area contributed by atoms with Crippen LogP contribution in [0, 0.1) is 0 Å². The van der Waals surface area contributed by atoms with E-state index < -0.39 is 0 Å². The van der Waals surface area contributed by atoms with Crippen molar-refractivity contribution < 1.29 is 10.2 Å². The minimum atomic E-state index is 1.20. The summed E-state index contributed by atoms with van der Waals surface area (Å²) < 4.78 is 0. The van der Waals surface area contributed by atoms with E-state index in [1.807, 2.05) is 0 Å². The highest BCUT2D eigenvalue weighted by Crippen LogP contribution is 2.04. The fourth-order valence-electron chi connectivity index (χ4n) is 1.48. The largest absolute Gasteiger partial charge is 0.316 e. The van der Waals surface area contributed by atoms with E-state index in [0.29, 0.717) is 0 Å². The third kappa shape index (κ3) is 2.83. The molecule has 0 radical (unpaired) electrons. The zero-order chi connectivity index (χ0) is 9.68. The maximum absolute atomic E-state index is 2.22. The summed E-state index contributed by atoms with van der Waals surface area (Å²) in [6.45, 7) is 3.42. The molecule has 3 N–H and O–H groups in total. The second-order valence-corrected chi connectivity index (χ2v) is 3.44. The summed E-state index contributed by atoms with van der Waals surface area (Å²) in [5, 5.41) is 2.12. The summed E-state index contributed by atoms with van der Waals surface area (Å²) >= 11 is 0. The molecule has 1 unspecified atom stereocenters. The Balaban J connectivity index is 2.67. The second-order valence-electron chi connectivity index (χ2n) is 3.44. The molecule has 0 amide bonds. The highest BCUT2D eigenvalue weighted by Gasteiger charge is 2.04. The van der Waals surface area contributed by atoms with Crippen LogP contribution in [0.4, 0.5) is 11.4 Å². The van der Waals surface area contributed by atoms with Gasteiger partial charge in [0.25, 0.3) is 0 Å². The first-order valence-corrected chi connectivity index (χ1v) is 5.00. The predicted molar refractivity (Wildman–Crippen MR) is 55.7 cm³/mol. The molecule has 2 heteroatoms. The van der Waals surface area contributed by atoms with Crippen LogP contribution in [0.5, 0.6) is 0 Å². The first-order chi connectivity index (χ1) is 6.27. The molecule has 2 nitrogen and oxygen atoms in total. The summed E-state index contributed by atoms with van der Waals surface area (Å²) in [7, 11) is 4.28. The summed E-state index contributed by atoms with van der Waals surface area (Å²) in [6.07, 6.45) is 1.23. The first-order valence-electron chi connectivity index (χ1n) is 5.00. The van der Waals surface area contributed by atoms with Crippen LogP contribution >= 0.6 is 0 Å². The van der Waals surface area contributed by atoms with Crippen molar-refractivity contribution in [2.75, 3.05) is 20.6 Å². The van der Waals surface area contributed by atoms with E-state index in [9.17, 15) is 0 Å².